The normalized spacial score (nSPS) is 18.0. The fourth-order valence-electron chi connectivity index (χ4n) is 3.21. The Balaban J connectivity index is 1.59. The SMILES string of the molecule is Clc1cc(-c2c[nH]c3ncccc23)cc(NCC2CCC[N]C2)n1. The zero-order valence-electron chi connectivity index (χ0n) is 13.3. The van der Waals surface area contributed by atoms with Gasteiger partial charge in [-0.3, -0.25) is 0 Å². The number of H-pyrrole nitrogens is 1. The van der Waals surface area contributed by atoms with E-state index in [0.29, 0.717) is 11.1 Å². The van der Waals surface area contributed by atoms with Crippen LogP contribution in [0.1, 0.15) is 12.8 Å². The van der Waals surface area contributed by atoms with Gasteiger partial charge < -0.3 is 10.3 Å². The van der Waals surface area contributed by atoms with Crippen LogP contribution in [0.15, 0.2) is 36.7 Å². The van der Waals surface area contributed by atoms with E-state index in [1.165, 1.54) is 12.8 Å². The molecule has 1 atom stereocenters. The van der Waals surface area contributed by atoms with Crippen molar-refractivity contribution in [3.8, 4) is 11.1 Å². The topological polar surface area (TPSA) is 67.7 Å². The Labute approximate surface area is 145 Å². The Hall–Kier alpha value is -2.11. The molecule has 3 aromatic rings. The van der Waals surface area contributed by atoms with Gasteiger partial charge in [0.25, 0.3) is 0 Å². The second-order valence-electron chi connectivity index (χ2n) is 6.18. The number of anilines is 1. The van der Waals surface area contributed by atoms with Gasteiger partial charge in [-0.25, -0.2) is 15.3 Å². The first-order chi connectivity index (χ1) is 11.8. The van der Waals surface area contributed by atoms with E-state index in [2.05, 4.69) is 31.7 Å². The number of hydrogen-bond acceptors (Lipinski definition) is 3. The number of hydrogen-bond donors (Lipinski definition) is 2. The van der Waals surface area contributed by atoms with Crippen molar-refractivity contribution in [2.75, 3.05) is 25.0 Å². The van der Waals surface area contributed by atoms with Gasteiger partial charge in [0.1, 0.15) is 16.6 Å². The summed E-state index contributed by atoms with van der Waals surface area (Å²) in [6, 6.07) is 7.92. The average Bonchev–Trinajstić information content (AvgIpc) is 3.05. The van der Waals surface area contributed by atoms with Gasteiger partial charge in [0, 0.05) is 43.0 Å². The van der Waals surface area contributed by atoms with Crippen molar-refractivity contribution in [3.05, 3.63) is 41.8 Å². The second kappa shape index (κ2) is 6.79. The Bertz CT molecular complexity index is 838. The van der Waals surface area contributed by atoms with Crippen molar-refractivity contribution in [2.45, 2.75) is 12.8 Å². The standard InChI is InChI=1S/C18H19ClN5/c19-16-7-13(15-11-23-18-14(15)4-2-6-21-18)8-17(24-16)22-10-12-3-1-5-20-9-12/h2,4,6-8,11-12H,1,3,5,9-10H2,(H,21,23)(H,22,24). The predicted octanol–water partition coefficient (Wildman–Crippen LogP) is 3.70. The molecule has 1 aliphatic rings. The molecule has 2 N–H and O–H groups in total. The molecule has 0 bridgehead atoms. The first-order valence-electron chi connectivity index (χ1n) is 8.27. The summed E-state index contributed by atoms with van der Waals surface area (Å²) in [6.45, 7) is 2.82. The van der Waals surface area contributed by atoms with Crippen LogP contribution >= 0.6 is 11.6 Å². The third kappa shape index (κ3) is 3.23. The molecular formula is C18H19ClN5. The number of fused-ring (bicyclic) bond motifs is 1. The van der Waals surface area contributed by atoms with Crippen LogP contribution in [0.25, 0.3) is 22.2 Å². The van der Waals surface area contributed by atoms with Gasteiger partial charge in [-0.1, -0.05) is 11.6 Å². The summed E-state index contributed by atoms with van der Waals surface area (Å²) in [7, 11) is 0. The van der Waals surface area contributed by atoms with Gasteiger partial charge >= 0.3 is 0 Å². The molecule has 0 aliphatic carbocycles. The Morgan fingerprint density at radius 2 is 2.29 bits per heavy atom. The molecule has 0 saturated carbocycles. The van der Waals surface area contributed by atoms with E-state index >= 15 is 0 Å². The van der Waals surface area contributed by atoms with E-state index in [9.17, 15) is 0 Å². The van der Waals surface area contributed by atoms with Crippen molar-refractivity contribution in [1.29, 1.82) is 0 Å². The molecule has 3 aromatic heterocycles. The fraction of sp³-hybridized carbons (Fsp3) is 0.333. The van der Waals surface area contributed by atoms with Crippen LogP contribution in [0.5, 0.6) is 0 Å². The van der Waals surface area contributed by atoms with Crippen LogP contribution in [0.4, 0.5) is 5.82 Å². The van der Waals surface area contributed by atoms with Crippen molar-refractivity contribution < 1.29 is 0 Å². The van der Waals surface area contributed by atoms with Gasteiger partial charge in [-0.15, -0.1) is 0 Å². The quantitative estimate of drug-likeness (QED) is 0.711. The summed E-state index contributed by atoms with van der Waals surface area (Å²) in [6.07, 6.45) is 6.15. The molecule has 123 valence electrons. The minimum Gasteiger partial charge on any atom is -0.370 e. The van der Waals surface area contributed by atoms with Crippen LogP contribution in [0.2, 0.25) is 5.15 Å². The van der Waals surface area contributed by atoms with Gasteiger partial charge in [-0.2, -0.15) is 0 Å². The van der Waals surface area contributed by atoms with E-state index in [0.717, 1.165) is 47.6 Å². The molecule has 24 heavy (non-hydrogen) atoms. The summed E-state index contributed by atoms with van der Waals surface area (Å²) >= 11 is 6.24. The lowest BCUT2D eigenvalue weighted by Crippen LogP contribution is -2.29. The van der Waals surface area contributed by atoms with E-state index < -0.39 is 0 Å². The summed E-state index contributed by atoms with van der Waals surface area (Å²) in [5.74, 6) is 1.39. The molecule has 1 unspecified atom stereocenters. The number of piperidine rings is 1. The lowest BCUT2D eigenvalue weighted by Gasteiger charge is -2.22. The highest BCUT2D eigenvalue weighted by atomic mass is 35.5. The van der Waals surface area contributed by atoms with E-state index in [1.54, 1.807) is 6.20 Å². The largest absolute Gasteiger partial charge is 0.370 e. The van der Waals surface area contributed by atoms with Crippen LogP contribution in [-0.2, 0) is 0 Å². The lowest BCUT2D eigenvalue weighted by molar-refractivity contribution is 0.387. The maximum Gasteiger partial charge on any atom is 0.137 e. The maximum absolute atomic E-state index is 6.24. The molecule has 6 heteroatoms. The molecule has 1 radical (unpaired) electrons. The molecule has 5 nitrogen and oxygen atoms in total. The third-order valence-electron chi connectivity index (χ3n) is 4.44. The molecule has 0 amide bonds. The zero-order chi connectivity index (χ0) is 16.4. The van der Waals surface area contributed by atoms with E-state index in [1.807, 2.05) is 24.4 Å². The number of pyridine rings is 2. The second-order valence-corrected chi connectivity index (χ2v) is 6.57. The average molecular weight is 341 g/mol. The summed E-state index contributed by atoms with van der Waals surface area (Å²) in [5.41, 5.74) is 2.99. The van der Waals surface area contributed by atoms with Crippen molar-refractivity contribution in [3.63, 3.8) is 0 Å². The highest BCUT2D eigenvalue weighted by Gasteiger charge is 2.14. The van der Waals surface area contributed by atoms with Gasteiger partial charge in [0.15, 0.2) is 0 Å². The molecule has 1 aliphatic heterocycles. The Morgan fingerprint density at radius 3 is 3.17 bits per heavy atom. The first kappa shape index (κ1) is 15.4. The summed E-state index contributed by atoms with van der Waals surface area (Å²) < 4.78 is 0. The first-order valence-corrected chi connectivity index (χ1v) is 8.64. The van der Waals surface area contributed by atoms with Crippen LogP contribution in [0, 0.1) is 5.92 Å². The van der Waals surface area contributed by atoms with Crippen molar-refractivity contribution in [2.24, 2.45) is 5.92 Å². The number of halogens is 1. The highest BCUT2D eigenvalue weighted by molar-refractivity contribution is 6.29. The minimum absolute atomic E-state index is 0.488. The molecule has 4 rings (SSSR count). The minimum atomic E-state index is 0.488. The summed E-state index contributed by atoms with van der Waals surface area (Å²) in [4.78, 5) is 11.9. The van der Waals surface area contributed by atoms with Crippen LogP contribution in [-0.4, -0.2) is 34.6 Å². The van der Waals surface area contributed by atoms with Crippen molar-refractivity contribution >= 4 is 28.5 Å². The van der Waals surface area contributed by atoms with Gasteiger partial charge in [-0.05, 0) is 48.6 Å². The molecular weight excluding hydrogens is 322 g/mol. The lowest BCUT2D eigenvalue weighted by atomic mass is 10.00. The zero-order valence-corrected chi connectivity index (χ0v) is 14.1. The van der Waals surface area contributed by atoms with Crippen LogP contribution < -0.4 is 10.6 Å². The molecule has 4 heterocycles. The Kier molecular flexibility index (Phi) is 4.36. The highest BCUT2D eigenvalue weighted by Crippen LogP contribution is 2.30. The number of aromatic nitrogens is 3. The van der Waals surface area contributed by atoms with Crippen molar-refractivity contribution in [1.82, 2.24) is 20.3 Å². The van der Waals surface area contributed by atoms with Gasteiger partial charge in [0.05, 0.1) is 0 Å². The number of nitrogens with one attached hydrogen (secondary N) is 2. The number of nitrogens with zero attached hydrogens (tertiary/aromatic N) is 3. The molecule has 0 aromatic carbocycles. The van der Waals surface area contributed by atoms with Gasteiger partial charge in [0.2, 0.25) is 0 Å². The van der Waals surface area contributed by atoms with E-state index in [4.69, 9.17) is 11.6 Å². The molecule has 0 spiro atoms. The predicted molar refractivity (Wildman–Crippen MR) is 97.4 cm³/mol. The molecule has 1 saturated heterocycles. The maximum atomic E-state index is 6.24. The summed E-state index contributed by atoms with van der Waals surface area (Å²) in [5, 5.41) is 9.48. The fourth-order valence-corrected chi connectivity index (χ4v) is 3.42. The van der Waals surface area contributed by atoms with E-state index in [-0.39, 0.29) is 0 Å². The Morgan fingerprint density at radius 1 is 1.33 bits per heavy atom. The molecule has 1 fully saturated rings. The third-order valence-corrected chi connectivity index (χ3v) is 4.64. The monoisotopic (exact) mass is 340 g/mol. The number of aromatic amines is 1. The smallest absolute Gasteiger partial charge is 0.137 e. The number of rotatable bonds is 4. The van der Waals surface area contributed by atoms with Crippen LogP contribution in [0.3, 0.4) is 0 Å².